The molecule has 3 aromatic rings. The molecule has 2 aromatic heterocycles. The van der Waals surface area contributed by atoms with Crippen molar-refractivity contribution in [1.29, 1.82) is 0 Å². The molecule has 88 valence electrons. The van der Waals surface area contributed by atoms with E-state index in [0.717, 1.165) is 22.0 Å². The van der Waals surface area contributed by atoms with Gasteiger partial charge in [0, 0.05) is 24.0 Å². The molecule has 0 aliphatic heterocycles. The second-order valence-electron chi connectivity index (χ2n) is 4.18. The van der Waals surface area contributed by atoms with Crippen molar-refractivity contribution in [2.24, 2.45) is 5.73 Å². The molecule has 3 rings (SSSR count). The van der Waals surface area contributed by atoms with Crippen LogP contribution in [0.3, 0.4) is 0 Å². The summed E-state index contributed by atoms with van der Waals surface area (Å²) >= 11 is 0. The van der Waals surface area contributed by atoms with Crippen molar-refractivity contribution < 1.29 is 0 Å². The summed E-state index contributed by atoms with van der Waals surface area (Å²) in [4.78, 5) is 8.45. The number of nitrogens with zero attached hydrogens (tertiary/aromatic N) is 2. The number of fused-ring (bicyclic) bond motifs is 1. The molecular formula is C15H13N3. The summed E-state index contributed by atoms with van der Waals surface area (Å²) in [5.74, 6) is 0. The van der Waals surface area contributed by atoms with Crippen LogP contribution in [0.1, 0.15) is 17.3 Å². The van der Waals surface area contributed by atoms with Gasteiger partial charge >= 0.3 is 0 Å². The average Bonchev–Trinajstić information content (AvgIpc) is 2.47. The maximum Gasteiger partial charge on any atom is 0.0732 e. The minimum atomic E-state index is -0.211. The number of nitrogens with two attached hydrogens (primary N) is 1. The minimum absolute atomic E-state index is 0.211. The first-order valence-electron chi connectivity index (χ1n) is 5.85. The van der Waals surface area contributed by atoms with E-state index in [-0.39, 0.29) is 6.04 Å². The van der Waals surface area contributed by atoms with Gasteiger partial charge in [0.2, 0.25) is 0 Å². The minimum Gasteiger partial charge on any atom is -0.319 e. The Morgan fingerprint density at radius 2 is 1.89 bits per heavy atom. The van der Waals surface area contributed by atoms with E-state index in [1.54, 1.807) is 12.4 Å². The van der Waals surface area contributed by atoms with E-state index in [2.05, 4.69) is 9.97 Å². The second-order valence-corrected chi connectivity index (χ2v) is 4.18. The van der Waals surface area contributed by atoms with Crippen LogP contribution in [0, 0.1) is 0 Å². The van der Waals surface area contributed by atoms with Gasteiger partial charge in [-0.05, 0) is 29.1 Å². The van der Waals surface area contributed by atoms with Crippen molar-refractivity contribution in [3.8, 4) is 0 Å². The van der Waals surface area contributed by atoms with Gasteiger partial charge in [-0.1, -0.05) is 24.3 Å². The molecule has 0 aliphatic rings. The van der Waals surface area contributed by atoms with Crippen molar-refractivity contribution in [2.75, 3.05) is 0 Å². The summed E-state index contributed by atoms with van der Waals surface area (Å²) in [5, 5.41) is 2.23. The summed E-state index contributed by atoms with van der Waals surface area (Å²) in [6.45, 7) is 0. The molecule has 2 N–H and O–H groups in total. The van der Waals surface area contributed by atoms with Gasteiger partial charge in [0.05, 0.1) is 11.7 Å². The monoisotopic (exact) mass is 235 g/mol. The molecule has 1 atom stereocenters. The lowest BCUT2D eigenvalue weighted by molar-refractivity contribution is 0.836. The first-order valence-corrected chi connectivity index (χ1v) is 5.85. The Bertz CT molecular complexity index is 659. The summed E-state index contributed by atoms with van der Waals surface area (Å²) in [7, 11) is 0. The van der Waals surface area contributed by atoms with E-state index in [9.17, 15) is 0 Å². The molecule has 2 heterocycles. The molecule has 0 fully saturated rings. The van der Waals surface area contributed by atoms with Gasteiger partial charge in [0.25, 0.3) is 0 Å². The zero-order valence-electron chi connectivity index (χ0n) is 9.82. The third-order valence-corrected chi connectivity index (χ3v) is 3.06. The van der Waals surface area contributed by atoms with Crippen LogP contribution >= 0.6 is 0 Å². The van der Waals surface area contributed by atoms with Gasteiger partial charge in [0.15, 0.2) is 0 Å². The molecular weight excluding hydrogens is 222 g/mol. The van der Waals surface area contributed by atoms with Crippen LogP contribution in [0.25, 0.3) is 10.8 Å². The number of hydrogen-bond donors (Lipinski definition) is 1. The highest BCUT2D eigenvalue weighted by atomic mass is 14.8. The van der Waals surface area contributed by atoms with Crippen molar-refractivity contribution in [3.63, 3.8) is 0 Å². The standard InChI is InChI=1S/C15H13N3/c16-15(14-6-1-2-8-18-14)13-5-3-4-11-10-17-9-7-12(11)13/h1-10,15H,16H2. The molecule has 1 aromatic carbocycles. The van der Waals surface area contributed by atoms with Crippen LogP contribution in [0.5, 0.6) is 0 Å². The molecule has 0 aliphatic carbocycles. The molecule has 1 unspecified atom stereocenters. The first kappa shape index (κ1) is 10.9. The normalized spacial score (nSPS) is 12.5. The highest BCUT2D eigenvalue weighted by molar-refractivity contribution is 5.85. The molecule has 0 amide bonds. The third kappa shape index (κ3) is 1.85. The number of hydrogen-bond acceptors (Lipinski definition) is 3. The third-order valence-electron chi connectivity index (χ3n) is 3.06. The van der Waals surface area contributed by atoms with Crippen LogP contribution in [-0.2, 0) is 0 Å². The highest BCUT2D eigenvalue weighted by Crippen LogP contribution is 2.25. The molecule has 0 bridgehead atoms. The fourth-order valence-electron chi connectivity index (χ4n) is 2.14. The van der Waals surface area contributed by atoms with Gasteiger partial charge in [-0.3, -0.25) is 9.97 Å². The van der Waals surface area contributed by atoms with Gasteiger partial charge < -0.3 is 5.73 Å². The summed E-state index contributed by atoms with van der Waals surface area (Å²) in [6.07, 6.45) is 5.41. The van der Waals surface area contributed by atoms with Gasteiger partial charge in [-0.2, -0.15) is 0 Å². The Hall–Kier alpha value is -2.26. The molecule has 3 heteroatoms. The Balaban J connectivity index is 2.15. The lowest BCUT2D eigenvalue weighted by Crippen LogP contribution is -2.13. The molecule has 3 nitrogen and oxygen atoms in total. The zero-order chi connectivity index (χ0) is 12.4. The van der Waals surface area contributed by atoms with Gasteiger partial charge in [0.1, 0.15) is 0 Å². The molecule has 0 radical (unpaired) electrons. The smallest absolute Gasteiger partial charge is 0.0732 e. The summed E-state index contributed by atoms with van der Waals surface area (Å²) in [6, 6.07) is 13.7. The zero-order valence-corrected chi connectivity index (χ0v) is 9.82. The van der Waals surface area contributed by atoms with Crippen molar-refractivity contribution in [3.05, 3.63) is 72.3 Å². The predicted molar refractivity (Wildman–Crippen MR) is 72.0 cm³/mol. The lowest BCUT2D eigenvalue weighted by atomic mass is 9.98. The topological polar surface area (TPSA) is 51.8 Å². The molecule has 18 heavy (non-hydrogen) atoms. The van der Waals surface area contributed by atoms with E-state index < -0.39 is 0 Å². The highest BCUT2D eigenvalue weighted by Gasteiger charge is 2.12. The van der Waals surface area contributed by atoms with Crippen LogP contribution in [0.2, 0.25) is 0 Å². The molecule has 0 saturated heterocycles. The number of pyridine rings is 2. The Morgan fingerprint density at radius 1 is 0.944 bits per heavy atom. The van der Waals surface area contributed by atoms with Crippen molar-refractivity contribution in [2.45, 2.75) is 6.04 Å². The number of aromatic nitrogens is 2. The Morgan fingerprint density at radius 3 is 2.72 bits per heavy atom. The SMILES string of the molecule is NC(c1ccccn1)c1cccc2cnccc12. The largest absolute Gasteiger partial charge is 0.319 e. The van der Waals surface area contributed by atoms with Crippen molar-refractivity contribution in [1.82, 2.24) is 9.97 Å². The summed E-state index contributed by atoms with van der Waals surface area (Å²) in [5.41, 5.74) is 8.25. The molecule has 0 spiro atoms. The van der Waals surface area contributed by atoms with E-state index >= 15 is 0 Å². The second kappa shape index (κ2) is 4.55. The Labute approximate surface area is 105 Å². The van der Waals surface area contributed by atoms with Crippen LogP contribution in [0.15, 0.2) is 61.1 Å². The van der Waals surface area contributed by atoms with Gasteiger partial charge in [-0.25, -0.2) is 0 Å². The first-order chi connectivity index (χ1) is 8.86. The summed E-state index contributed by atoms with van der Waals surface area (Å²) < 4.78 is 0. The fourth-order valence-corrected chi connectivity index (χ4v) is 2.14. The lowest BCUT2D eigenvalue weighted by Gasteiger charge is -2.13. The quantitative estimate of drug-likeness (QED) is 0.743. The maximum atomic E-state index is 6.30. The number of rotatable bonds is 2. The average molecular weight is 235 g/mol. The van der Waals surface area contributed by atoms with Crippen LogP contribution in [-0.4, -0.2) is 9.97 Å². The van der Waals surface area contributed by atoms with Crippen LogP contribution < -0.4 is 5.73 Å². The predicted octanol–water partition coefficient (Wildman–Crippen LogP) is 2.68. The van der Waals surface area contributed by atoms with E-state index in [1.165, 1.54) is 0 Å². The van der Waals surface area contributed by atoms with E-state index in [4.69, 9.17) is 5.73 Å². The maximum absolute atomic E-state index is 6.30. The van der Waals surface area contributed by atoms with E-state index in [0.29, 0.717) is 0 Å². The van der Waals surface area contributed by atoms with Crippen LogP contribution in [0.4, 0.5) is 0 Å². The number of benzene rings is 1. The fraction of sp³-hybridized carbons (Fsp3) is 0.0667. The Kier molecular flexibility index (Phi) is 2.74. The molecule has 0 saturated carbocycles. The van der Waals surface area contributed by atoms with Gasteiger partial charge in [-0.15, -0.1) is 0 Å². The van der Waals surface area contributed by atoms with E-state index in [1.807, 2.05) is 48.7 Å². The van der Waals surface area contributed by atoms with Crippen molar-refractivity contribution >= 4 is 10.8 Å².